The van der Waals surface area contributed by atoms with E-state index < -0.39 is 6.10 Å². The molecule has 0 bridgehead atoms. The van der Waals surface area contributed by atoms with Crippen LogP contribution in [0.5, 0.6) is 0 Å². The number of carbonyl (C=O) groups is 3. The quantitative estimate of drug-likeness (QED) is 0.0265. The summed E-state index contributed by atoms with van der Waals surface area (Å²) in [5, 5.41) is 0. The number of carbonyl (C=O) groups excluding carboxylic acids is 3. The lowest BCUT2D eigenvalue weighted by Crippen LogP contribution is -2.30. The Kier molecular flexibility index (Phi) is 43.5. The van der Waals surface area contributed by atoms with Gasteiger partial charge in [-0.25, -0.2) is 0 Å². The molecule has 0 aromatic heterocycles. The van der Waals surface area contributed by atoms with Gasteiger partial charge in [-0.2, -0.15) is 0 Å². The molecule has 57 heavy (non-hydrogen) atoms. The number of ether oxygens (including phenoxy) is 3. The summed E-state index contributed by atoms with van der Waals surface area (Å²) in [4.78, 5) is 37.8. The lowest BCUT2D eigenvalue weighted by atomic mass is 10.1. The predicted octanol–water partition coefficient (Wildman–Crippen LogP) is 15.3. The van der Waals surface area contributed by atoms with Gasteiger partial charge in [-0.15, -0.1) is 0 Å². The molecule has 328 valence electrons. The summed E-state index contributed by atoms with van der Waals surface area (Å²) in [6, 6.07) is 0. The Labute approximate surface area is 351 Å². The first-order chi connectivity index (χ1) is 28.0. The van der Waals surface area contributed by atoms with Crippen LogP contribution in [0.25, 0.3) is 0 Å². The van der Waals surface area contributed by atoms with E-state index in [1.54, 1.807) is 0 Å². The maximum atomic E-state index is 12.7. The smallest absolute Gasteiger partial charge is 0.306 e. The molecule has 0 rings (SSSR count). The van der Waals surface area contributed by atoms with E-state index >= 15 is 0 Å². The summed E-state index contributed by atoms with van der Waals surface area (Å²) in [5.74, 6) is -0.909. The first kappa shape index (κ1) is 54.1. The van der Waals surface area contributed by atoms with Crippen molar-refractivity contribution >= 4 is 17.9 Å². The van der Waals surface area contributed by atoms with Gasteiger partial charge in [0.1, 0.15) is 13.2 Å². The van der Waals surface area contributed by atoms with Gasteiger partial charge >= 0.3 is 17.9 Å². The molecular weight excluding hydrogens is 709 g/mol. The van der Waals surface area contributed by atoms with Gasteiger partial charge in [0.15, 0.2) is 6.10 Å². The number of hydrogen-bond acceptors (Lipinski definition) is 6. The van der Waals surface area contributed by atoms with Gasteiger partial charge < -0.3 is 14.2 Å². The molecule has 0 aromatic rings. The number of rotatable bonds is 42. The summed E-state index contributed by atoms with van der Waals surface area (Å²) >= 11 is 0. The molecule has 0 aliphatic heterocycles. The van der Waals surface area contributed by atoms with Gasteiger partial charge in [-0.1, -0.05) is 204 Å². The second kappa shape index (κ2) is 45.8. The molecule has 0 saturated carbocycles. The normalized spacial score (nSPS) is 12.5. The van der Waals surface area contributed by atoms with Crippen molar-refractivity contribution in [3.8, 4) is 0 Å². The van der Waals surface area contributed by atoms with Crippen LogP contribution in [0.3, 0.4) is 0 Å². The van der Waals surface area contributed by atoms with E-state index in [1.807, 2.05) is 0 Å². The average Bonchev–Trinajstić information content (AvgIpc) is 3.21. The topological polar surface area (TPSA) is 78.9 Å². The zero-order chi connectivity index (χ0) is 41.5. The van der Waals surface area contributed by atoms with Gasteiger partial charge in [0.2, 0.25) is 0 Å². The minimum Gasteiger partial charge on any atom is -0.462 e. The average molecular weight is 797 g/mol. The third-order valence-corrected chi connectivity index (χ3v) is 10.1. The molecule has 0 spiro atoms. The number of hydrogen-bond donors (Lipinski definition) is 0. The molecule has 6 heteroatoms. The second-order valence-corrected chi connectivity index (χ2v) is 15.7. The molecule has 0 N–H and O–H groups in total. The van der Waals surface area contributed by atoms with E-state index in [4.69, 9.17) is 14.2 Å². The summed E-state index contributed by atoms with van der Waals surface area (Å²) in [5.41, 5.74) is 0. The highest BCUT2D eigenvalue weighted by molar-refractivity contribution is 5.71. The lowest BCUT2D eigenvalue weighted by Gasteiger charge is -2.18. The maximum Gasteiger partial charge on any atom is 0.306 e. The second-order valence-electron chi connectivity index (χ2n) is 15.7. The Morgan fingerprint density at radius 2 is 0.684 bits per heavy atom. The van der Waals surface area contributed by atoms with Crippen molar-refractivity contribution in [3.63, 3.8) is 0 Å². The molecule has 0 aliphatic carbocycles. The van der Waals surface area contributed by atoms with Crippen LogP contribution in [-0.4, -0.2) is 37.2 Å². The third-order valence-electron chi connectivity index (χ3n) is 10.1. The summed E-state index contributed by atoms with van der Waals surface area (Å²) < 4.78 is 16.7. The Balaban J connectivity index is 4.39. The third kappa shape index (κ3) is 44.1. The van der Waals surface area contributed by atoms with Crippen molar-refractivity contribution in [3.05, 3.63) is 60.8 Å². The molecule has 0 heterocycles. The number of esters is 3. The monoisotopic (exact) mass is 797 g/mol. The van der Waals surface area contributed by atoms with Gasteiger partial charge in [0, 0.05) is 19.3 Å². The van der Waals surface area contributed by atoms with Crippen molar-refractivity contribution in [1.82, 2.24) is 0 Å². The Bertz CT molecular complexity index is 1050. The van der Waals surface area contributed by atoms with E-state index in [9.17, 15) is 14.4 Å². The highest BCUT2D eigenvalue weighted by Crippen LogP contribution is 2.14. The Morgan fingerprint density at radius 3 is 1.11 bits per heavy atom. The Morgan fingerprint density at radius 1 is 0.368 bits per heavy atom. The van der Waals surface area contributed by atoms with E-state index in [1.165, 1.54) is 103 Å². The summed E-state index contributed by atoms with van der Waals surface area (Å²) in [6.45, 7) is 6.43. The largest absolute Gasteiger partial charge is 0.462 e. The minimum absolute atomic E-state index is 0.0822. The maximum absolute atomic E-state index is 12.7. The fourth-order valence-electron chi connectivity index (χ4n) is 6.49. The zero-order valence-corrected chi connectivity index (χ0v) is 37.3. The predicted molar refractivity (Wildman–Crippen MR) is 242 cm³/mol. The van der Waals surface area contributed by atoms with Crippen molar-refractivity contribution in [1.29, 1.82) is 0 Å². The SMILES string of the molecule is CC\C=C/C=C\C=C/CCCCCCCCCC(=O)OCC(COC(=O)CCCCCCCCCCC)OC(=O)CCCCCCCC/C=C\C=C/CCCCC. The van der Waals surface area contributed by atoms with Crippen LogP contribution in [0, 0.1) is 0 Å². The van der Waals surface area contributed by atoms with Crippen LogP contribution in [0.1, 0.15) is 226 Å². The molecular formula is C51H88O6. The van der Waals surface area contributed by atoms with Gasteiger partial charge in [0.05, 0.1) is 0 Å². The molecule has 0 saturated heterocycles. The van der Waals surface area contributed by atoms with Gasteiger partial charge in [0.25, 0.3) is 0 Å². The van der Waals surface area contributed by atoms with Gasteiger partial charge in [-0.3, -0.25) is 14.4 Å². The van der Waals surface area contributed by atoms with E-state index in [-0.39, 0.29) is 31.1 Å². The van der Waals surface area contributed by atoms with Crippen LogP contribution in [0.15, 0.2) is 60.8 Å². The fourth-order valence-corrected chi connectivity index (χ4v) is 6.49. The molecule has 0 amide bonds. The highest BCUT2D eigenvalue weighted by atomic mass is 16.6. The van der Waals surface area contributed by atoms with E-state index in [0.717, 1.165) is 83.5 Å². The van der Waals surface area contributed by atoms with Crippen LogP contribution in [0.4, 0.5) is 0 Å². The van der Waals surface area contributed by atoms with Crippen molar-refractivity contribution in [2.24, 2.45) is 0 Å². The molecule has 0 aromatic carbocycles. The van der Waals surface area contributed by atoms with E-state index in [0.29, 0.717) is 19.3 Å². The minimum atomic E-state index is -0.781. The van der Waals surface area contributed by atoms with Crippen molar-refractivity contribution in [2.45, 2.75) is 232 Å². The van der Waals surface area contributed by atoms with Crippen LogP contribution in [0.2, 0.25) is 0 Å². The molecule has 1 unspecified atom stereocenters. The first-order valence-electron chi connectivity index (χ1n) is 23.8. The van der Waals surface area contributed by atoms with Crippen molar-refractivity contribution < 1.29 is 28.6 Å². The first-order valence-corrected chi connectivity index (χ1v) is 23.8. The molecule has 0 aliphatic rings. The summed E-state index contributed by atoms with van der Waals surface area (Å²) in [6.07, 6.45) is 54.8. The van der Waals surface area contributed by atoms with Crippen molar-refractivity contribution in [2.75, 3.05) is 13.2 Å². The molecule has 6 nitrogen and oxygen atoms in total. The van der Waals surface area contributed by atoms with E-state index in [2.05, 4.69) is 81.5 Å². The Hall–Kier alpha value is -2.89. The van der Waals surface area contributed by atoms with Crippen LogP contribution >= 0.6 is 0 Å². The number of unbranched alkanes of at least 4 members (excludes halogenated alkanes) is 24. The van der Waals surface area contributed by atoms with Crippen LogP contribution < -0.4 is 0 Å². The molecule has 0 radical (unpaired) electrons. The molecule has 0 fully saturated rings. The zero-order valence-electron chi connectivity index (χ0n) is 37.3. The summed E-state index contributed by atoms with van der Waals surface area (Å²) in [7, 11) is 0. The lowest BCUT2D eigenvalue weighted by molar-refractivity contribution is -0.167. The standard InChI is InChI=1S/C51H88O6/c1-4-7-10-13-16-19-21-23-25-27-29-32-35-38-41-44-50(53)56-47-48(46-55-49(52)43-40-37-34-31-18-15-12-9-6-3)57-51(54)45-42-39-36-33-30-28-26-24-22-20-17-14-11-8-5-2/h7,10,13,16-17,19-22,24,48H,4-6,8-9,11-12,14-15,18,23,25-47H2,1-3H3/b10-7-,16-13-,20-17-,21-19-,24-22-. The highest BCUT2D eigenvalue weighted by Gasteiger charge is 2.19. The van der Waals surface area contributed by atoms with Gasteiger partial charge in [-0.05, 0) is 64.2 Å². The van der Waals surface area contributed by atoms with Crippen LogP contribution in [-0.2, 0) is 28.6 Å². The molecule has 1 atom stereocenters. The number of allylic oxidation sites excluding steroid dienone is 10. The fraction of sp³-hybridized carbons (Fsp3) is 0.745.